The molecule has 2 aromatic rings. The first-order chi connectivity index (χ1) is 12.9. The summed E-state index contributed by atoms with van der Waals surface area (Å²) in [6.45, 7) is 5.51. The Morgan fingerprint density at radius 2 is 1.85 bits per heavy atom. The van der Waals surface area contributed by atoms with Gasteiger partial charge in [-0.15, -0.1) is 0 Å². The molecule has 2 aromatic carbocycles. The number of fused-ring (bicyclic) bond motifs is 2. The van der Waals surface area contributed by atoms with Crippen LogP contribution in [0.5, 0.6) is 11.5 Å². The highest BCUT2D eigenvalue weighted by Gasteiger charge is 2.28. The average molecular weight is 388 g/mol. The highest BCUT2D eigenvalue weighted by atomic mass is 32.2. The van der Waals surface area contributed by atoms with Gasteiger partial charge in [-0.05, 0) is 43.5 Å². The molecule has 2 aliphatic heterocycles. The molecule has 0 aliphatic carbocycles. The Kier molecular flexibility index (Phi) is 4.64. The molecule has 5 nitrogen and oxygen atoms in total. The van der Waals surface area contributed by atoms with Crippen molar-refractivity contribution in [1.29, 1.82) is 0 Å². The Morgan fingerprint density at radius 1 is 1.07 bits per heavy atom. The molecule has 0 spiro atoms. The molecule has 4 rings (SSSR count). The molecule has 0 N–H and O–H groups in total. The molecule has 0 saturated carbocycles. The van der Waals surface area contributed by atoms with E-state index in [1.54, 1.807) is 13.1 Å². The van der Waals surface area contributed by atoms with Crippen molar-refractivity contribution in [1.82, 2.24) is 4.31 Å². The second-order valence-corrected chi connectivity index (χ2v) is 9.38. The first-order valence-electron chi connectivity index (χ1n) is 9.35. The van der Waals surface area contributed by atoms with Gasteiger partial charge in [0.05, 0.1) is 18.1 Å². The van der Waals surface area contributed by atoms with E-state index in [1.807, 2.05) is 26.0 Å². The minimum atomic E-state index is -3.53. The summed E-state index contributed by atoms with van der Waals surface area (Å²) in [6, 6.07) is 7.63. The summed E-state index contributed by atoms with van der Waals surface area (Å²) in [5.41, 5.74) is 5.17. The number of aryl methyl sites for hydroxylation is 2. The van der Waals surface area contributed by atoms with E-state index >= 15 is 0 Å². The second-order valence-electron chi connectivity index (χ2n) is 7.36. The smallest absolute Gasteiger partial charge is 0.243 e. The third kappa shape index (κ3) is 3.21. The maximum atomic E-state index is 13.1. The SMILES string of the molecule is Cc1ccc(C)c(S(=O)(=O)N(C)CCc2c3c(cc4c2OCC4)OCC3)c1. The van der Waals surface area contributed by atoms with Crippen molar-refractivity contribution in [2.24, 2.45) is 0 Å². The first kappa shape index (κ1) is 18.3. The van der Waals surface area contributed by atoms with Crippen molar-refractivity contribution in [3.63, 3.8) is 0 Å². The monoisotopic (exact) mass is 387 g/mol. The Labute approximate surface area is 161 Å². The van der Waals surface area contributed by atoms with Crippen molar-refractivity contribution < 1.29 is 17.9 Å². The van der Waals surface area contributed by atoms with Crippen LogP contribution in [0.1, 0.15) is 27.8 Å². The third-order valence-electron chi connectivity index (χ3n) is 5.47. The van der Waals surface area contributed by atoms with E-state index in [4.69, 9.17) is 9.47 Å². The standard InChI is InChI=1S/C21H25NO4S/c1-14-4-5-15(2)20(12-14)27(23,24)22(3)9-6-18-17-8-11-25-19(17)13-16-7-10-26-21(16)18/h4-5,12-13H,6-11H2,1-3H3. The summed E-state index contributed by atoms with van der Waals surface area (Å²) in [5, 5.41) is 0. The lowest BCUT2D eigenvalue weighted by Gasteiger charge is -2.20. The van der Waals surface area contributed by atoms with Crippen molar-refractivity contribution in [2.45, 2.75) is 38.0 Å². The van der Waals surface area contributed by atoms with E-state index < -0.39 is 10.0 Å². The number of likely N-dealkylation sites (N-methyl/N-ethyl adjacent to an activating group) is 1. The summed E-state index contributed by atoms with van der Waals surface area (Å²) in [5.74, 6) is 1.88. The van der Waals surface area contributed by atoms with Crippen LogP contribution in [0.25, 0.3) is 0 Å². The van der Waals surface area contributed by atoms with Crippen LogP contribution in [-0.4, -0.2) is 39.5 Å². The third-order valence-corrected chi connectivity index (χ3v) is 7.47. The molecule has 0 radical (unpaired) electrons. The van der Waals surface area contributed by atoms with E-state index in [-0.39, 0.29) is 0 Å². The summed E-state index contributed by atoms with van der Waals surface area (Å²) >= 11 is 0. The zero-order valence-corrected chi connectivity index (χ0v) is 16.9. The fourth-order valence-electron chi connectivity index (χ4n) is 3.89. The normalized spacial score (nSPS) is 15.4. The minimum absolute atomic E-state index is 0.383. The highest BCUT2D eigenvalue weighted by Crippen LogP contribution is 2.41. The van der Waals surface area contributed by atoms with Gasteiger partial charge in [-0.3, -0.25) is 0 Å². The highest BCUT2D eigenvalue weighted by molar-refractivity contribution is 7.89. The van der Waals surface area contributed by atoms with Gasteiger partial charge in [-0.1, -0.05) is 12.1 Å². The molecule has 0 aromatic heterocycles. The lowest BCUT2D eigenvalue weighted by molar-refractivity contribution is 0.351. The van der Waals surface area contributed by atoms with Crippen LogP contribution < -0.4 is 9.47 Å². The first-order valence-corrected chi connectivity index (χ1v) is 10.8. The zero-order valence-electron chi connectivity index (χ0n) is 16.0. The van der Waals surface area contributed by atoms with Crippen LogP contribution >= 0.6 is 0 Å². The van der Waals surface area contributed by atoms with Gasteiger partial charge in [-0.2, -0.15) is 0 Å². The largest absolute Gasteiger partial charge is 0.493 e. The van der Waals surface area contributed by atoms with Crippen LogP contribution in [0.2, 0.25) is 0 Å². The molecule has 2 aliphatic rings. The zero-order chi connectivity index (χ0) is 19.2. The van der Waals surface area contributed by atoms with E-state index in [9.17, 15) is 8.42 Å². The number of hydrogen-bond acceptors (Lipinski definition) is 4. The van der Waals surface area contributed by atoms with E-state index in [0.29, 0.717) is 31.1 Å². The van der Waals surface area contributed by atoms with Crippen molar-refractivity contribution >= 4 is 10.0 Å². The Balaban J connectivity index is 1.60. The van der Waals surface area contributed by atoms with Crippen molar-refractivity contribution in [2.75, 3.05) is 26.8 Å². The molecule has 0 bridgehead atoms. The Morgan fingerprint density at radius 3 is 2.67 bits per heavy atom. The van der Waals surface area contributed by atoms with Crippen LogP contribution in [0.15, 0.2) is 29.2 Å². The summed E-state index contributed by atoms with van der Waals surface area (Å²) in [7, 11) is -1.88. The molecule has 0 amide bonds. The lowest BCUT2D eigenvalue weighted by atomic mass is 9.97. The van der Waals surface area contributed by atoms with Crippen LogP contribution in [-0.2, 0) is 29.3 Å². The number of rotatable bonds is 5. The molecule has 144 valence electrons. The van der Waals surface area contributed by atoms with Gasteiger partial charge in [0.1, 0.15) is 11.5 Å². The molecular formula is C21H25NO4S. The number of ether oxygens (including phenoxy) is 2. The topological polar surface area (TPSA) is 55.8 Å². The summed E-state index contributed by atoms with van der Waals surface area (Å²) in [4.78, 5) is 0.383. The Bertz CT molecular complexity index is 965. The number of benzene rings is 2. The predicted octanol–water partition coefficient (Wildman–Crippen LogP) is 3.04. The quantitative estimate of drug-likeness (QED) is 0.791. The molecule has 27 heavy (non-hydrogen) atoms. The Hall–Kier alpha value is -2.05. The maximum absolute atomic E-state index is 13.1. The second kappa shape index (κ2) is 6.84. The fourth-order valence-corrected chi connectivity index (χ4v) is 5.37. The lowest BCUT2D eigenvalue weighted by Crippen LogP contribution is -2.30. The molecule has 0 fully saturated rings. The van der Waals surface area contributed by atoms with Gasteiger partial charge in [0, 0.05) is 43.1 Å². The fraction of sp³-hybridized carbons (Fsp3) is 0.429. The molecule has 0 saturated heterocycles. The van der Waals surface area contributed by atoms with Gasteiger partial charge in [0.15, 0.2) is 0 Å². The van der Waals surface area contributed by atoms with Crippen LogP contribution in [0.4, 0.5) is 0 Å². The van der Waals surface area contributed by atoms with Crippen LogP contribution in [0.3, 0.4) is 0 Å². The van der Waals surface area contributed by atoms with E-state index in [0.717, 1.165) is 41.0 Å². The van der Waals surface area contributed by atoms with Gasteiger partial charge >= 0.3 is 0 Å². The van der Waals surface area contributed by atoms with Gasteiger partial charge in [0.2, 0.25) is 10.0 Å². The summed E-state index contributed by atoms with van der Waals surface area (Å²) in [6.07, 6.45) is 2.36. The van der Waals surface area contributed by atoms with Gasteiger partial charge < -0.3 is 9.47 Å². The molecule has 6 heteroatoms. The van der Waals surface area contributed by atoms with Gasteiger partial charge in [0.25, 0.3) is 0 Å². The van der Waals surface area contributed by atoms with Crippen molar-refractivity contribution in [3.05, 3.63) is 52.1 Å². The molecular weight excluding hydrogens is 362 g/mol. The minimum Gasteiger partial charge on any atom is -0.493 e. The predicted molar refractivity (Wildman–Crippen MR) is 104 cm³/mol. The number of sulfonamides is 1. The molecule has 0 atom stereocenters. The van der Waals surface area contributed by atoms with Crippen molar-refractivity contribution in [3.8, 4) is 11.5 Å². The van der Waals surface area contributed by atoms with E-state index in [2.05, 4.69) is 6.07 Å². The van der Waals surface area contributed by atoms with E-state index in [1.165, 1.54) is 15.4 Å². The molecule has 2 heterocycles. The number of hydrogen-bond donors (Lipinski definition) is 0. The maximum Gasteiger partial charge on any atom is 0.243 e. The molecule has 0 unspecified atom stereocenters. The average Bonchev–Trinajstić information content (AvgIpc) is 3.29. The number of nitrogens with zero attached hydrogens (tertiary/aromatic N) is 1. The van der Waals surface area contributed by atoms with Crippen LogP contribution in [0, 0.1) is 13.8 Å². The van der Waals surface area contributed by atoms with Gasteiger partial charge in [-0.25, -0.2) is 12.7 Å². The summed E-state index contributed by atoms with van der Waals surface area (Å²) < 4.78 is 39.2.